The van der Waals surface area contributed by atoms with Gasteiger partial charge in [-0.05, 0) is 22.9 Å². The fourth-order valence-corrected chi connectivity index (χ4v) is 2.59. The van der Waals surface area contributed by atoms with Crippen LogP contribution in [-0.2, 0) is 22.6 Å². The van der Waals surface area contributed by atoms with Gasteiger partial charge in [-0.3, -0.25) is 9.48 Å². The van der Waals surface area contributed by atoms with Crippen molar-refractivity contribution in [3.05, 3.63) is 15.9 Å². The van der Waals surface area contributed by atoms with Crippen LogP contribution < -0.4 is 0 Å². The topological polar surface area (TPSA) is 55.2 Å². The van der Waals surface area contributed by atoms with Gasteiger partial charge in [0.15, 0.2) is 0 Å². The molecule has 1 aliphatic heterocycles. The van der Waals surface area contributed by atoms with Crippen molar-refractivity contribution in [2.45, 2.75) is 32.9 Å². The van der Waals surface area contributed by atoms with E-state index in [-0.39, 0.29) is 11.9 Å². The van der Waals surface area contributed by atoms with E-state index in [4.69, 9.17) is 0 Å². The summed E-state index contributed by atoms with van der Waals surface area (Å²) in [6.07, 6.45) is 1.61. The third-order valence-electron chi connectivity index (χ3n) is 3.06. The van der Waals surface area contributed by atoms with Crippen molar-refractivity contribution in [2.75, 3.05) is 6.54 Å². The van der Waals surface area contributed by atoms with Gasteiger partial charge in [0.25, 0.3) is 0 Å². The fraction of sp³-hybridized carbons (Fsp3) is 0.545. The van der Waals surface area contributed by atoms with Gasteiger partial charge in [0.2, 0.25) is 5.91 Å². The summed E-state index contributed by atoms with van der Waals surface area (Å²) in [5, 5.41) is 4.32. The van der Waals surface area contributed by atoms with E-state index in [2.05, 4.69) is 21.0 Å². The minimum absolute atomic E-state index is 0.0683. The minimum atomic E-state index is -0.265. The summed E-state index contributed by atoms with van der Waals surface area (Å²) in [6.45, 7) is 4.63. The van der Waals surface area contributed by atoms with Crippen molar-refractivity contribution in [1.29, 1.82) is 0 Å². The third kappa shape index (κ3) is 2.13. The number of aromatic nitrogens is 2. The van der Waals surface area contributed by atoms with E-state index in [9.17, 15) is 9.59 Å². The molecule has 0 saturated carbocycles. The molecule has 17 heavy (non-hydrogen) atoms. The molecule has 1 aromatic heterocycles. The van der Waals surface area contributed by atoms with Gasteiger partial charge in [-0.1, -0.05) is 0 Å². The predicted octanol–water partition coefficient (Wildman–Crippen LogP) is 1.31. The van der Waals surface area contributed by atoms with Crippen LogP contribution in [0.2, 0.25) is 0 Å². The lowest BCUT2D eigenvalue weighted by Crippen LogP contribution is -2.35. The molecule has 1 atom stereocenters. The molecule has 0 bridgehead atoms. The van der Waals surface area contributed by atoms with Crippen molar-refractivity contribution in [1.82, 2.24) is 14.7 Å². The molecule has 0 N–H and O–H groups in total. The molecule has 2 heterocycles. The van der Waals surface area contributed by atoms with Crippen LogP contribution in [0.4, 0.5) is 0 Å². The van der Waals surface area contributed by atoms with Crippen LogP contribution in [0, 0.1) is 0 Å². The Hall–Kier alpha value is -1.17. The van der Waals surface area contributed by atoms with E-state index >= 15 is 0 Å². The first kappa shape index (κ1) is 12.3. The van der Waals surface area contributed by atoms with E-state index in [1.807, 2.05) is 6.92 Å². The Labute approximate surface area is 108 Å². The standard InChI is InChI=1S/C11H14BrN3O2/c1-7(6-16)15-10-3-4-14(8(2)17)5-9(10)11(12)13-15/h6-7H,3-5H2,1-2H3. The van der Waals surface area contributed by atoms with Crippen LogP contribution >= 0.6 is 15.9 Å². The monoisotopic (exact) mass is 299 g/mol. The fourth-order valence-electron chi connectivity index (χ4n) is 2.07. The van der Waals surface area contributed by atoms with E-state index < -0.39 is 0 Å². The predicted molar refractivity (Wildman–Crippen MR) is 65.5 cm³/mol. The molecule has 0 aliphatic carbocycles. The van der Waals surface area contributed by atoms with E-state index in [0.717, 1.165) is 28.6 Å². The number of amides is 1. The first-order chi connectivity index (χ1) is 8.04. The molecule has 1 amide bonds. The van der Waals surface area contributed by atoms with Crippen molar-refractivity contribution >= 4 is 28.1 Å². The van der Waals surface area contributed by atoms with Gasteiger partial charge >= 0.3 is 0 Å². The number of carbonyl (C=O) groups is 2. The largest absolute Gasteiger partial charge is 0.338 e. The molecule has 5 nitrogen and oxygen atoms in total. The lowest BCUT2D eigenvalue weighted by Gasteiger charge is -2.26. The van der Waals surface area contributed by atoms with Crippen LogP contribution in [0.3, 0.4) is 0 Å². The smallest absolute Gasteiger partial charge is 0.219 e. The Morgan fingerprint density at radius 1 is 1.59 bits per heavy atom. The maximum atomic E-state index is 11.3. The number of fused-ring (bicyclic) bond motifs is 1. The molecule has 1 aromatic rings. The van der Waals surface area contributed by atoms with E-state index in [1.54, 1.807) is 16.5 Å². The van der Waals surface area contributed by atoms with Crippen LogP contribution in [0.25, 0.3) is 0 Å². The second-order valence-corrected chi connectivity index (χ2v) is 4.98. The van der Waals surface area contributed by atoms with Crippen molar-refractivity contribution in [3.8, 4) is 0 Å². The summed E-state index contributed by atoms with van der Waals surface area (Å²) in [7, 11) is 0. The molecule has 2 rings (SSSR count). The summed E-state index contributed by atoms with van der Waals surface area (Å²) in [6, 6.07) is -0.265. The van der Waals surface area contributed by atoms with Gasteiger partial charge in [-0.15, -0.1) is 0 Å². The third-order valence-corrected chi connectivity index (χ3v) is 3.70. The lowest BCUT2D eigenvalue weighted by atomic mass is 10.1. The maximum absolute atomic E-state index is 11.3. The van der Waals surface area contributed by atoms with Gasteiger partial charge < -0.3 is 9.69 Å². The van der Waals surface area contributed by atoms with Gasteiger partial charge in [-0.2, -0.15) is 5.10 Å². The number of nitrogens with zero attached hydrogens (tertiary/aromatic N) is 3. The molecule has 0 fully saturated rings. The number of rotatable bonds is 2. The molecule has 1 unspecified atom stereocenters. The number of hydrogen-bond acceptors (Lipinski definition) is 3. The molecule has 0 aromatic carbocycles. The van der Waals surface area contributed by atoms with Gasteiger partial charge in [0.1, 0.15) is 16.9 Å². The molecular weight excluding hydrogens is 286 g/mol. The zero-order valence-corrected chi connectivity index (χ0v) is 11.4. The number of hydrogen-bond donors (Lipinski definition) is 0. The average Bonchev–Trinajstić information content (AvgIpc) is 2.65. The average molecular weight is 300 g/mol. The van der Waals surface area contributed by atoms with Gasteiger partial charge in [0.05, 0.1) is 6.54 Å². The quantitative estimate of drug-likeness (QED) is 0.774. The summed E-state index contributed by atoms with van der Waals surface area (Å²) in [4.78, 5) is 24.0. The summed E-state index contributed by atoms with van der Waals surface area (Å²) < 4.78 is 2.47. The summed E-state index contributed by atoms with van der Waals surface area (Å²) in [5.74, 6) is 0.0683. The van der Waals surface area contributed by atoms with Crippen LogP contribution in [0.1, 0.15) is 31.1 Å². The van der Waals surface area contributed by atoms with E-state index in [0.29, 0.717) is 13.1 Å². The van der Waals surface area contributed by atoms with E-state index in [1.165, 1.54) is 0 Å². The van der Waals surface area contributed by atoms with Gasteiger partial charge in [-0.25, -0.2) is 0 Å². The first-order valence-electron chi connectivity index (χ1n) is 5.51. The number of carbonyl (C=O) groups excluding carboxylic acids is 2. The molecule has 0 saturated heterocycles. The molecule has 0 radical (unpaired) electrons. The second-order valence-electron chi connectivity index (χ2n) is 4.23. The SMILES string of the molecule is CC(=O)N1CCc2c(c(Br)nn2C(C)C=O)C1. The zero-order valence-electron chi connectivity index (χ0n) is 9.81. The second kappa shape index (κ2) is 4.60. The Balaban J connectivity index is 2.37. The Morgan fingerprint density at radius 3 is 2.88 bits per heavy atom. The van der Waals surface area contributed by atoms with Crippen molar-refractivity contribution in [2.24, 2.45) is 0 Å². The normalized spacial score (nSPS) is 16.5. The molecule has 1 aliphatic rings. The first-order valence-corrected chi connectivity index (χ1v) is 6.30. The highest BCUT2D eigenvalue weighted by Crippen LogP contribution is 2.27. The maximum Gasteiger partial charge on any atom is 0.219 e. The number of aldehydes is 1. The molecule has 0 spiro atoms. The van der Waals surface area contributed by atoms with Gasteiger partial charge in [0, 0.05) is 31.1 Å². The summed E-state index contributed by atoms with van der Waals surface area (Å²) >= 11 is 3.39. The Morgan fingerprint density at radius 2 is 2.29 bits per heavy atom. The highest BCUT2D eigenvalue weighted by atomic mass is 79.9. The lowest BCUT2D eigenvalue weighted by molar-refractivity contribution is -0.129. The number of halogens is 1. The van der Waals surface area contributed by atoms with Crippen molar-refractivity contribution < 1.29 is 9.59 Å². The van der Waals surface area contributed by atoms with Crippen molar-refractivity contribution in [3.63, 3.8) is 0 Å². The highest BCUT2D eigenvalue weighted by Gasteiger charge is 2.26. The minimum Gasteiger partial charge on any atom is -0.338 e. The Kier molecular flexibility index (Phi) is 3.33. The van der Waals surface area contributed by atoms with Crippen LogP contribution in [0.5, 0.6) is 0 Å². The molecule has 92 valence electrons. The molecule has 6 heteroatoms. The zero-order chi connectivity index (χ0) is 12.6. The van der Waals surface area contributed by atoms with Crippen LogP contribution in [0.15, 0.2) is 4.60 Å². The Bertz CT molecular complexity index is 470. The summed E-state index contributed by atoms with van der Waals surface area (Å²) in [5.41, 5.74) is 2.06. The van der Waals surface area contributed by atoms with Crippen LogP contribution in [-0.4, -0.2) is 33.4 Å². The highest BCUT2D eigenvalue weighted by molar-refractivity contribution is 9.10. The molecular formula is C11H14BrN3O2.